The first kappa shape index (κ1) is 13.1. The topological polar surface area (TPSA) is 34.2 Å². The smallest absolute Gasteiger partial charge is 0.142 e. The Balaban J connectivity index is 2.41. The summed E-state index contributed by atoms with van der Waals surface area (Å²) in [6.45, 7) is 5.14. The fourth-order valence-corrected chi connectivity index (χ4v) is 2.76. The molecule has 0 saturated carbocycles. The van der Waals surface area contributed by atoms with Gasteiger partial charge in [-0.25, -0.2) is 0 Å². The van der Waals surface area contributed by atoms with Gasteiger partial charge in [-0.3, -0.25) is 4.98 Å². The van der Waals surface area contributed by atoms with E-state index in [2.05, 4.69) is 35.6 Å². The Morgan fingerprint density at radius 3 is 2.94 bits per heavy atom. The number of rotatable bonds is 5. The number of nitrogens with one attached hydrogen (secondary N) is 1. The molecular formula is C14H18N2OS. The summed E-state index contributed by atoms with van der Waals surface area (Å²) in [5.41, 5.74) is 2.41. The van der Waals surface area contributed by atoms with Gasteiger partial charge in [-0.15, -0.1) is 11.3 Å². The molecule has 1 unspecified atom stereocenters. The van der Waals surface area contributed by atoms with E-state index < -0.39 is 0 Å². The van der Waals surface area contributed by atoms with E-state index in [0.717, 1.165) is 17.9 Å². The van der Waals surface area contributed by atoms with Crippen LogP contribution in [0.2, 0.25) is 0 Å². The summed E-state index contributed by atoms with van der Waals surface area (Å²) < 4.78 is 5.40. The highest BCUT2D eigenvalue weighted by atomic mass is 32.1. The Morgan fingerprint density at radius 2 is 2.33 bits per heavy atom. The molecule has 0 amide bonds. The quantitative estimate of drug-likeness (QED) is 0.898. The Labute approximate surface area is 112 Å². The highest BCUT2D eigenvalue weighted by Gasteiger charge is 2.18. The van der Waals surface area contributed by atoms with Crippen molar-refractivity contribution in [3.8, 4) is 5.75 Å². The number of aromatic nitrogens is 1. The highest BCUT2D eigenvalue weighted by Crippen LogP contribution is 2.31. The Hall–Kier alpha value is -1.39. The fourth-order valence-electron chi connectivity index (χ4n) is 2.03. The molecule has 96 valence electrons. The summed E-state index contributed by atoms with van der Waals surface area (Å²) in [7, 11) is 1.68. The van der Waals surface area contributed by atoms with Gasteiger partial charge >= 0.3 is 0 Å². The van der Waals surface area contributed by atoms with Gasteiger partial charge in [-0.2, -0.15) is 0 Å². The Bertz CT molecular complexity index is 510. The molecule has 1 atom stereocenters. The minimum Gasteiger partial charge on any atom is -0.495 e. The van der Waals surface area contributed by atoms with Crippen LogP contribution in [0.4, 0.5) is 0 Å². The number of pyridine rings is 1. The van der Waals surface area contributed by atoms with E-state index in [1.807, 2.05) is 6.07 Å². The predicted molar refractivity (Wildman–Crippen MR) is 75.4 cm³/mol. The second kappa shape index (κ2) is 5.98. The van der Waals surface area contributed by atoms with Gasteiger partial charge < -0.3 is 10.1 Å². The van der Waals surface area contributed by atoms with Gasteiger partial charge in [0.2, 0.25) is 0 Å². The Kier molecular flexibility index (Phi) is 4.33. The Morgan fingerprint density at radius 1 is 1.50 bits per heavy atom. The van der Waals surface area contributed by atoms with E-state index >= 15 is 0 Å². The lowest BCUT2D eigenvalue weighted by Crippen LogP contribution is -2.22. The third kappa shape index (κ3) is 2.71. The van der Waals surface area contributed by atoms with Crippen molar-refractivity contribution in [2.24, 2.45) is 0 Å². The number of thiophene rings is 1. The molecule has 0 aliphatic heterocycles. The van der Waals surface area contributed by atoms with Gasteiger partial charge in [0.25, 0.3) is 0 Å². The van der Waals surface area contributed by atoms with Crippen LogP contribution in [0.15, 0.2) is 29.9 Å². The summed E-state index contributed by atoms with van der Waals surface area (Å²) in [6.07, 6.45) is 3.57. The zero-order valence-corrected chi connectivity index (χ0v) is 11.8. The monoisotopic (exact) mass is 262 g/mol. The van der Waals surface area contributed by atoms with Crippen LogP contribution in [0, 0.1) is 6.92 Å². The second-order valence-corrected chi connectivity index (χ2v) is 5.21. The number of hydrogen-bond acceptors (Lipinski definition) is 4. The van der Waals surface area contributed by atoms with Crippen molar-refractivity contribution in [1.82, 2.24) is 10.3 Å². The van der Waals surface area contributed by atoms with Gasteiger partial charge in [0.05, 0.1) is 19.3 Å². The standard InChI is InChI=1S/C14H18N2OS/c1-4-16-14(11-7-10(2)18-9-11)12-5-6-15-8-13(12)17-3/h5-9,14,16H,4H2,1-3H3. The predicted octanol–water partition coefficient (Wildman–Crippen LogP) is 3.16. The molecule has 0 fully saturated rings. The van der Waals surface area contributed by atoms with Gasteiger partial charge in [0.1, 0.15) is 5.75 Å². The van der Waals surface area contributed by atoms with Gasteiger partial charge in [-0.1, -0.05) is 6.92 Å². The summed E-state index contributed by atoms with van der Waals surface area (Å²) in [6, 6.07) is 4.40. The van der Waals surface area contributed by atoms with Crippen molar-refractivity contribution in [1.29, 1.82) is 0 Å². The normalized spacial score (nSPS) is 12.4. The van der Waals surface area contributed by atoms with Gasteiger partial charge in [0.15, 0.2) is 0 Å². The minimum absolute atomic E-state index is 0.165. The maximum atomic E-state index is 5.40. The third-order valence-electron chi connectivity index (χ3n) is 2.84. The van der Waals surface area contributed by atoms with Crippen LogP contribution in [0.3, 0.4) is 0 Å². The molecule has 2 aromatic heterocycles. The number of ether oxygens (including phenoxy) is 1. The van der Waals surface area contributed by atoms with Crippen LogP contribution in [0.25, 0.3) is 0 Å². The molecule has 0 bridgehead atoms. The molecule has 0 spiro atoms. The van der Waals surface area contributed by atoms with Crippen molar-refractivity contribution >= 4 is 11.3 Å². The maximum Gasteiger partial charge on any atom is 0.142 e. The van der Waals surface area contributed by atoms with Crippen molar-refractivity contribution in [2.45, 2.75) is 19.9 Å². The average molecular weight is 262 g/mol. The van der Waals surface area contributed by atoms with Crippen LogP contribution in [0.5, 0.6) is 5.75 Å². The molecule has 2 rings (SSSR count). The lowest BCUT2D eigenvalue weighted by Gasteiger charge is -2.19. The van der Waals surface area contributed by atoms with Crippen molar-refractivity contribution in [3.63, 3.8) is 0 Å². The van der Waals surface area contributed by atoms with Crippen molar-refractivity contribution in [3.05, 3.63) is 45.9 Å². The summed E-state index contributed by atoms with van der Waals surface area (Å²) in [5, 5.41) is 5.70. The van der Waals surface area contributed by atoms with Crippen LogP contribution < -0.4 is 10.1 Å². The average Bonchev–Trinajstić information content (AvgIpc) is 2.82. The van der Waals surface area contributed by atoms with Crippen LogP contribution in [-0.2, 0) is 0 Å². The van der Waals surface area contributed by atoms with Crippen molar-refractivity contribution in [2.75, 3.05) is 13.7 Å². The van der Waals surface area contributed by atoms with E-state index in [0.29, 0.717) is 0 Å². The van der Waals surface area contributed by atoms with E-state index in [9.17, 15) is 0 Å². The lowest BCUT2D eigenvalue weighted by molar-refractivity contribution is 0.402. The van der Waals surface area contributed by atoms with Crippen LogP contribution >= 0.6 is 11.3 Å². The fraction of sp³-hybridized carbons (Fsp3) is 0.357. The molecule has 2 heterocycles. The first-order chi connectivity index (χ1) is 8.76. The molecule has 1 N–H and O–H groups in total. The first-order valence-corrected chi connectivity index (χ1v) is 6.90. The number of methoxy groups -OCH3 is 1. The second-order valence-electron chi connectivity index (χ2n) is 4.10. The summed E-state index contributed by atoms with van der Waals surface area (Å²) >= 11 is 1.77. The molecule has 0 aromatic carbocycles. The molecule has 0 aliphatic carbocycles. The van der Waals surface area contributed by atoms with Crippen LogP contribution in [0.1, 0.15) is 29.0 Å². The number of hydrogen-bond donors (Lipinski definition) is 1. The zero-order chi connectivity index (χ0) is 13.0. The van der Waals surface area contributed by atoms with Gasteiger partial charge in [-0.05, 0) is 36.5 Å². The molecule has 0 radical (unpaired) electrons. The molecule has 18 heavy (non-hydrogen) atoms. The maximum absolute atomic E-state index is 5.40. The largest absolute Gasteiger partial charge is 0.495 e. The summed E-state index contributed by atoms with van der Waals surface area (Å²) in [4.78, 5) is 5.43. The minimum atomic E-state index is 0.165. The molecule has 0 saturated heterocycles. The number of aryl methyl sites for hydroxylation is 1. The summed E-state index contributed by atoms with van der Waals surface area (Å²) in [5.74, 6) is 0.826. The first-order valence-electron chi connectivity index (χ1n) is 6.02. The lowest BCUT2D eigenvalue weighted by atomic mass is 10.0. The SMILES string of the molecule is CCNC(c1csc(C)c1)c1ccncc1OC. The molecule has 0 aliphatic rings. The highest BCUT2D eigenvalue weighted by molar-refractivity contribution is 7.10. The van der Waals surface area contributed by atoms with E-state index in [1.54, 1.807) is 30.8 Å². The molecular weight excluding hydrogens is 244 g/mol. The van der Waals surface area contributed by atoms with Crippen LogP contribution in [-0.4, -0.2) is 18.6 Å². The molecule has 2 aromatic rings. The molecule has 4 heteroatoms. The van der Waals surface area contributed by atoms with E-state index in [4.69, 9.17) is 4.74 Å². The van der Waals surface area contributed by atoms with Crippen molar-refractivity contribution < 1.29 is 4.74 Å². The zero-order valence-electron chi connectivity index (χ0n) is 10.9. The van der Waals surface area contributed by atoms with Gasteiger partial charge in [0, 0.05) is 16.6 Å². The van der Waals surface area contributed by atoms with E-state index in [1.165, 1.54) is 10.4 Å². The van der Waals surface area contributed by atoms with E-state index in [-0.39, 0.29) is 6.04 Å². The third-order valence-corrected chi connectivity index (χ3v) is 3.72. The number of nitrogens with zero attached hydrogens (tertiary/aromatic N) is 1. The molecule has 3 nitrogen and oxygen atoms in total.